The lowest BCUT2D eigenvalue weighted by atomic mass is 9.96. The van der Waals surface area contributed by atoms with Crippen LogP contribution in [-0.4, -0.2) is 76.2 Å². The first-order chi connectivity index (χ1) is 19.0. The van der Waals surface area contributed by atoms with E-state index < -0.39 is 0 Å². The first kappa shape index (κ1) is 22.6. The van der Waals surface area contributed by atoms with Gasteiger partial charge in [0.1, 0.15) is 6.10 Å². The number of para-hydroxylation sites is 2. The summed E-state index contributed by atoms with van der Waals surface area (Å²) in [6.45, 7) is 4.05. The fourth-order valence-electron chi connectivity index (χ4n) is 6.83. The van der Waals surface area contributed by atoms with E-state index >= 15 is 0 Å². The summed E-state index contributed by atoms with van der Waals surface area (Å²) in [7, 11) is 2.06. The summed E-state index contributed by atoms with van der Waals surface area (Å²) in [5, 5.41) is 6.02. The number of carbonyl (C=O) groups is 3. The van der Waals surface area contributed by atoms with Gasteiger partial charge in [0.25, 0.3) is 11.8 Å². The molecule has 1 fully saturated rings. The van der Waals surface area contributed by atoms with Crippen LogP contribution in [0.1, 0.15) is 27.1 Å². The van der Waals surface area contributed by atoms with Crippen LogP contribution in [0.5, 0.6) is 0 Å². The molecule has 0 aliphatic carbocycles. The number of benzene rings is 3. The number of ether oxygens (including phenoxy) is 1. The summed E-state index contributed by atoms with van der Waals surface area (Å²) in [5.74, 6) is -0.714. The quantitative estimate of drug-likeness (QED) is 0.338. The van der Waals surface area contributed by atoms with E-state index in [-0.39, 0.29) is 24.0 Å². The maximum atomic E-state index is 13.3. The van der Waals surface area contributed by atoms with Crippen LogP contribution < -0.4 is 5.32 Å². The van der Waals surface area contributed by atoms with Gasteiger partial charge in [-0.2, -0.15) is 0 Å². The van der Waals surface area contributed by atoms with E-state index in [2.05, 4.69) is 32.5 Å². The maximum Gasteiger partial charge on any atom is 0.410 e. The standard InChI is InChI=1S/C30H27N5O4/c1-32-12-14-33(15-13-32)30(38)39-17-10-11-34-20-8-4-2-6-18(20)22-24-25(29(37)31-28(24)36)23-19-7-3-5-9-21(19)35(16-17)27(23)26(22)34/h2-9,17H,10-16H2,1H3,(H,31,36,37). The number of aryl methyl sites for hydroxylation is 1. The van der Waals surface area contributed by atoms with Crippen molar-refractivity contribution in [3.63, 3.8) is 0 Å². The normalized spacial score (nSPS) is 19.7. The zero-order valence-corrected chi connectivity index (χ0v) is 21.6. The topological polar surface area (TPSA) is 88.8 Å². The number of rotatable bonds is 1. The molecule has 1 N–H and O–H groups in total. The third kappa shape index (κ3) is 3.07. The zero-order valence-electron chi connectivity index (χ0n) is 21.6. The number of fused-ring (bicyclic) bond motifs is 9. The molecule has 0 radical (unpaired) electrons. The Kier molecular flexibility index (Phi) is 4.67. The van der Waals surface area contributed by atoms with Gasteiger partial charge in [-0.25, -0.2) is 4.79 Å². The molecule has 0 saturated carbocycles. The van der Waals surface area contributed by atoms with Crippen molar-refractivity contribution >= 4 is 61.5 Å². The Morgan fingerprint density at radius 2 is 1.36 bits per heavy atom. The van der Waals surface area contributed by atoms with Crippen LogP contribution in [0.2, 0.25) is 0 Å². The molecule has 9 nitrogen and oxygen atoms in total. The van der Waals surface area contributed by atoms with Gasteiger partial charge in [-0.15, -0.1) is 0 Å². The number of nitrogens with one attached hydrogen (secondary N) is 1. The second-order valence-corrected chi connectivity index (χ2v) is 10.9. The van der Waals surface area contributed by atoms with Crippen molar-refractivity contribution in [3.05, 3.63) is 59.7 Å². The summed E-state index contributed by atoms with van der Waals surface area (Å²) in [4.78, 5) is 43.7. The van der Waals surface area contributed by atoms with Gasteiger partial charge in [0.15, 0.2) is 0 Å². The molecule has 3 aliphatic rings. The van der Waals surface area contributed by atoms with Crippen molar-refractivity contribution in [3.8, 4) is 0 Å². The number of nitrogens with zero attached hydrogens (tertiary/aromatic N) is 4. The predicted octanol–water partition coefficient (Wildman–Crippen LogP) is 3.94. The van der Waals surface area contributed by atoms with Crippen molar-refractivity contribution in [1.29, 1.82) is 0 Å². The number of piperazine rings is 1. The minimum atomic E-state index is -0.364. The van der Waals surface area contributed by atoms with Crippen LogP contribution in [0.3, 0.4) is 0 Å². The van der Waals surface area contributed by atoms with E-state index in [0.29, 0.717) is 43.7 Å². The third-order valence-corrected chi connectivity index (χ3v) is 8.69. The van der Waals surface area contributed by atoms with E-state index in [4.69, 9.17) is 4.74 Å². The van der Waals surface area contributed by atoms with Crippen molar-refractivity contribution in [1.82, 2.24) is 24.3 Å². The Morgan fingerprint density at radius 1 is 0.795 bits per heavy atom. The number of carbonyl (C=O) groups excluding carboxylic acids is 3. The van der Waals surface area contributed by atoms with Gasteiger partial charge in [-0.1, -0.05) is 36.4 Å². The molecule has 1 atom stereocenters. The van der Waals surface area contributed by atoms with Crippen molar-refractivity contribution in [2.24, 2.45) is 0 Å². The summed E-state index contributed by atoms with van der Waals surface area (Å²) in [6, 6.07) is 16.0. The fourth-order valence-corrected chi connectivity index (χ4v) is 6.83. The molecule has 3 aromatic carbocycles. The smallest absolute Gasteiger partial charge is 0.410 e. The maximum absolute atomic E-state index is 13.3. The summed E-state index contributed by atoms with van der Waals surface area (Å²) in [6.07, 6.45) is -0.00426. The van der Waals surface area contributed by atoms with E-state index in [1.807, 2.05) is 42.5 Å². The molecule has 3 aliphatic heterocycles. The van der Waals surface area contributed by atoms with E-state index in [0.717, 1.165) is 56.7 Å². The average Bonchev–Trinajstić information content (AvgIpc) is 3.53. The minimum Gasteiger partial charge on any atom is -0.444 e. The molecule has 3 amide bonds. The third-order valence-electron chi connectivity index (χ3n) is 8.69. The molecule has 5 aromatic rings. The number of amides is 3. The molecular formula is C30H27N5O4. The highest BCUT2D eigenvalue weighted by molar-refractivity contribution is 6.39. The Balaban J connectivity index is 1.40. The van der Waals surface area contributed by atoms with E-state index in [1.165, 1.54) is 0 Å². The molecule has 1 unspecified atom stereocenters. The molecule has 9 heteroatoms. The molecule has 196 valence electrons. The molecule has 0 spiro atoms. The highest BCUT2D eigenvalue weighted by Crippen LogP contribution is 2.45. The van der Waals surface area contributed by atoms with Crippen LogP contribution in [0.15, 0.2) is 48.5 Å². The van der Waals surface area contributed by atoms with Gasteiger partial charge >= 0.3 is 6.09 Å². The van der Waals surface area contributed by atoms with Crippen molar-refractivity contribution < 1.29 is 19.1 Å². The number of aromatic nitrogens is 2. The molecule has 0 bridgehead atoms. The second-order valence-electron chi connectivity index (χ2n) is 10.9. The highest BCUT2D eigenvalue weighted by Gasteiger charge is 2.38. The van der Waals surface area contributed by atoms with Crippen LogP contribution in [-0.2, 0) is 17.8 Å². The molecule has 8 rings (SSSR count). The Morgan fingerprint density at radius 3 is 2.00 bits per heavy atom. The summed E-state index contributed by atoms with van der Waals surface area (Å²) < 4.78 is 10.6. The van der Waals surface area contributed by atoms with Gasteiger partial charge in [0.05, 0.1) is 28.7 Å². The van der Waals surface area contributed by atoms with E-state index in [1.54, 1.807) is 4.90 Å². The number of hydrogen-bond acceptors (Lipinski definition) is 5. The first-order valence-corrected chi connectivity index (χ1v) is 13.5. The van der Waals surface area contributed by atoms with Gasteiger partial charge in [-0.05, 0) is 19.2 Å². The largest absolute Gasteiger partial charge is 0.444 e. The van der Waals surface area contributed by atoms with E-state index in [9.17, 15) is 14.4 Å². The average molecular weight is 522 g/mol. The summed E-state index contributed by atoms with van der Waals surface area (Å²) in [5.41, 5.74) is 4.71. The van der Waals surface area contributed by atoms with Gasteiger partial charge in [0, 0.05) is 71.7 Å². The van der Waals surface area contributed by atoms with Crippen LogP contribution in [0, 0.1) is 0 Å². The van der Waals surface area contributed by atoms with Crippen molar-refractivity contribution in [2.75, 3.05) is 33.2 Å². The van der Waals surface area contributed by atoms with Crippen LogP contribution >= 0.6 is 0 Å². The van der Waals surface area contributed by atoms with Crippen LogP contribution in [0.4, 0.5) is 4.79 Å². The highest BCUT2D eigenvalue weighted by atomic mass is 16.6. The molecule has 5 heterocycles. The van der Waals surface area contributed by atoms with Crippen molar-refractivity contribution in [2.45, 2.75) is 25.6 Å². The molecule has 2 aromatic heterocycles. The molecule has 1 saturated heterocycles. The van der Waals surface area contributed by atoms with Gasteiger partial charge in [-0.3, -0.25) is 14.9 Å². The Labute approximate surface area is 223 Å². The summed E-state index contributed by atoms with van der Waals surface area (Å²) >= 11 is 0. The number of likely N-dealkylation sites (N-methyl/N-ethyl adjacent to an activating group) is 1. The zero-order chi connectivity index (χ0) is 26.4. The lowest BCUT2D eigenvalue weighted by molar-refractivity contribution is 0.0388. The van der Waals surface area contributed by atoms with Crippen LogP contribution in [0.25, 0.3) is 43.6 Å². The second kappa shape index (κ2) is 8.07. The predicted molar refractivity (Wildman–Crippen MR) is 148 cm³/mol. The lowest BCUT2D eigenvalue weighted by Crippen LogP contribution is -2.48. The molecular weight excluding hydrogens is 494 g/mol. The number of hydrogen-bond donors (Lipinski definition) is 1. The lowest BCUT2D eigenvalue weighted by Gasteiger charge is -2.33. The Hall–Kier alpha value is -4.37. The SMILES string of the molecule is CN1CCN(C(=O)OC2CCn3c4ccccc4c4c5c(c6c7ccccc7n(c6c43)C2)C(=O)NC5=O)CC1. The first-order valence-electron chi connectivity index (χ1n) is 13.5. The Bertz CT molecular complexity index is 1890. The minimum absolute atomic E-state index is 0.275. The fraction of sp³-hybridized carbons (Fsp3) is 0.300. The van der Waals surface area contributed by atoms with Gasteiger partial charge in [0.2, 0.25) is 0 Å². The number of imide groups is 1. The monoisotopic (exact) mass is 521 g/mol. The van der Waals surface area contributed by atoms with Gasteiger partial charge < -0.3 is 23.7 Å². The molecule has 39 heavy (non-hydrogen) atoms.